The second-order valence-electron chi connectivity index (χ2n) is 6.34. The molecule has 0 spiro atoms. The van der Waals surface area contributed by atoms with Crippen LogP contribution in [0, 0.1) is 0 Å². The molecule has 1 N–H and O–H groups in total. The van der Waals surface area contributed by atoms with E-state index < -0.39 is 6.04 Å². The van der Waals surface area contributed by atoms with Gasteiger partial charge in [-0.2, -0.15) is 0 Å². The zero-order chi connectivity index (χ0) is 20.8. The number of imidazole rings is 1. The van der Waals surface area contributed by atoms with Crippen LogP contribution in [0.2, 0.25) is 0 Å². The highest BCUT2D eigenvalue weighted by molar-refractivity contribution is 9.10. The van der Waals surface area contributed by atoms with Gasteiger partial charge in [-0.1, -0.05) is 34.1 Å². The molecule has 0 aliphatic rings. The van der Waals surface area contributed by atoms with E-state index in [0.29, 0.717) is 17.3 Å². The van der Waals surface area contributed by atoms with Crippen LogP contribution in [0.25, 0.3) is 6.08 Å². The summed E-state index contributed by atoms with van der Waals surface area (Å²) in [6, 6.07) is 12.7. The molecule has 1 aromatic heterocycles. The van der Waals surface area contributed by atoms with E-state index in [9.17, 15) is 4.79 Å². The number of nitrogens with one attached hydrogen (secondary N) is 1. The van der Waals surface area contributed by atoms with Crippen molar-refractivity contribution in [2.24, 2.45) is 7.05 Å². The summed E-state index contributed by atoms with van der Waals surface area (Å²) in [6.07, 6.45) is 6.81. The first-order valence-electron chi connectivity index (χ1n) is 8.95. The predicted molar refractivity (Wildman–Crippen MR) is 116 cm³/mol. The lowest BCUT2D eigenvalue weighted by Gasteiger charge is -2.20. The number of halogens is 1. The van der Waals surface area contributed by atoms with Gasteiger partial charge in [0.25, 0.3) is 0 Å². The van der Waals surface area contributed by atoms with Crippen LogP contribution in [-0.4, -0.2) is 29.7 Å². The number of aryl methyl sites for hydroxylation is 1. The molecule has 3 aromatic rings. The number of carbonyl (C=O) groups is 1. The van der Waals surface area contributed by atoms with E-state index in [-0.39, 0.29) is 5.91 Å². The van der Waals surface area contributed by atoms with E-state index in [4.69, 9.17) is 9.47 Å². The van der Waals surface area contributed by atoms with Gasteiger partial charge in [-0.15, -0.1) is 0 Å². The fraction of sp³-hybridized carbons (Fsp3) is 0.182. The number of hydrogen-bond donors (Lipinski definition) is 1. The van der Waals surface area contributed by atoms with Gasteiger partial charge in [-0.25, -0.2) is 4.98 Å². The Labute approximate surface area is 178 Å². The Morgan fingerprint density at radius 1 is 1.17 bits per heavy atom. The molecule has 6 nitrogen and oxygen atoms in total. The average Bonchev–Trinajstić information content (AvgIpc) is 3.16. The normalized spacial score (nSPS) is 12.0. The molecule has 0 fully saturated rings. The van der Waals surface area contributed by atoms with Gasteiger partial charge in [0.1, 0.15) is 23.4 Å². The zero-order valence-electron chi connectivity index (χ0n) is 16.4. The van der Waals surface area contributed by atoms with Crippen molar-refractivity contribution in [3.63, 3.8) is 0 Å². The molecule has 0 radical (unpaired) electrons. The molecule has 2 aromatic carbocycles. The van der Waals surface area contributed by atoms with Crippen molar-refractivity contribution in [2.45, 2.75) is 6.04 Å². The number of rotatable bonds is 7. The Hall–Kier alpha value is -3.06. The molecule has 29 heavy (non-hydrogen) atoms. The van der Waals surface area contributed by atoms with Gasteiger partial charge < -0.3 is 19.4 Å². The quantitative estimate of drug-likeness (QED) is 0.544. The van der Waals surface area contributed by atoms with Crippen molar-refractivity contribution in [2.75, 3.05) is 14.2 Å². The van der Waals surface area contributed by atoms with E-state index in [1.807, 2.05) is 54.2 Å². The molecule has 0 bridgehead atoms. The summed E-state index contributed by atoms with van der Waals surface area (Å²) < 4.78 is 13.5. The largest absolute Gasteiger partial charge is 0.497 e. The van der Waals surface area contributed by atoms with Crippen LogP contribution in [0.1, 0.15) is 23.0 Å². The maximum absolute atomic E-state index is 12.7. The molecule has 0 saturated carbocycles. The second kappa shape index (κ2) is 9.43. The van der Waals surface area contributed by atoms with Crippen molar-refractivity contribution in [1.82, 2.24) is 14.9 Å². The number of ether oxygens (including phenoxy) is 2. The third-order valence-corrected chi connectivity index (χ3v) is 5.15. The van der Waals surface area contributed by atoms with Gasteiger partial charge in [0, 0.05) is 36.1 Å². The fourth-order valence-electron chi connectivity index (χ4n) is 2.91. The van der Waals surface area contributed by atoms with Gasteiger partial charge in [-0.3, -0.25) is 4.79 Å². The van der Waals surface area contributed by atoms with Crippen LogP contribution in [0.3, 0.4) is 0 Å². The number of aromatic nitrogens is 2. The Morgan fingerprint density at radius 2 is 1.86 bits per heavy atom. The van der Waals surface area contributed by atoms with Gasteiger partial charge in [0.05, 0.1) is 14.2 Å². The van der Waals surface area contributed by atoms with E-state index >= 15 is 0 Å². The number of carbonyl (C=O) groups excluding carboxylic acids is 1. The molecule has 0 saturated heterocycles. The summed E-state index contributed by atoms with van der Waals surface area (Å²) in [4.78, 5) is 17.1. The van der Waals surface area contributed by atoms with E-state index in [1.54, 1.807) is 32.6 Å². The number of nitrogens with zero attached hydrogens (tertiary/aromatic N) is 2. The summed E-state index contributed by atoms with van der Waals surface area (Å²) in [5, 5.41) is 3.03. The molecular weight excluding hydrogens is 434 g/mol. The number of benzene rings is 2. The van der Waals surface area contributed by atoms with Crippen molar-refractivity contribution in [1.29, 1.82) is 0 Å². The standard InChI is InChI=1S/C22H22BrN3O3/c1-26-11-10-24-22(26)21(16-12-17(28-2)14-18(13-16)29-3)25-20(27)9-8-15-6-4-5-7-19(15)23/h4-14,21H,1-3H3,(H,25,27). The van der Waals surface area contributed by atoms with Gasteiger partial charge in [0.2, 0.25) is 5.91 Å². The first-order valence-corrected chi connectivity index (χ1v) is 9.74. The third-order valence-electron chi connectivity index (χ3n) is 4.43. The topological polar surface area (TPSA) is 65.4 Å². The average molecular weight is 456 g/mol. The molecule has 1 atom stereocenters. The molecular formula is C22H22BrN3O3. The minimum absolute atomic E-state index is 0.240. The summed E-state index contributed by atoms with van der Waals surface area (Å²) in [7, 11) is 5.07. The van der Waals surface area contributed by atoms with Crippen molar-refractivity contribution < 1.29 is 14.3 Å². The van der Waals surface area contributed by atoms with Gasteiger partial charge >= 0.3 is 0 Å². The molecule has 3 rings (SSSR count). The highest BCUT2D eigenvalue weighted by Crippen LogP contribution is 2.29. The molecule has 1 heterocycles. The molecule has 0 aliphatic heterocycles. The highest BCUT2D eigenvalue weighted by atomic mass is 79.9. The molecule has 1 amide bonds. The molecule has 0 aliphatic carbocycles. The summed E-state index contributed by atoms with van der Waals surface area (Å²) in [5.41, 5.74) is 1.72. The smallest absolute Gasteiger partial charge is 0.244 e. The first-order chi connectivity index (χ1) is 14.0. The third kappa shape index (κ3) is 5.06. The Bertz CT molecular complexity index is 1010. The summed E-state index contributed by atoms with van der Waals surface area (Å²) in [5.74, 6) is 1.73. The van der Waals surface area contributed by atoms with Crippen molar-refractivity contribution in [3.05, 3.63) is 82.4 Å². The van der Waals surface area contributed by atoms with Crippen molar-refractivity contribution in [3.8, 4) is 11.5 Å². The summed E-state index contributed by atoms with van der Waals surface area (Å²) >= 11 is 3.48. The number of methoxy groups -OCH3 is 2. The van der Waals surface area contributed by atoms with Gasteiger partial charge in [-0.05, 0) is 35.4 Å². The maximum atomic E-state index is 12.7. The van der Waals surface area contributed by atoms with E-state index in [1.165, 1.54) is 6.08 Å². The maximum Gasteiger partial charge on any atom is 0.244 e. The molecule has 7 heteroatoms. The zero-order valence-corrected chi connectivity index (χ0v) is 18.0. The lowest BCUT2D eigenvalue weighted by molar-refractivity contribution is -0.117. The molecule has 1 unspecified atom stereocenters. The predicted octanol–water partition coefficient (Wildman–Crippen LogP) is 4.12. The Kier molecular flexibility index (Phi) is 6.72. The van der Waals surface area contributed by atoms with Crippen LogP contribution in [-0.2, 0) is 11.8 Å². The monoisotopic (exact) mass is 455 g/mol. The van der Waals surface area contributed by atoms with Crippen molar-refractivity contribution >= 4 is 27.9 Å². The Balaban J connectivity index is 1.92. The fourth-order valence-corrected chi connectivity index (χ4v) is 3.33. The Morgan fingerprint density at radius 3 is 2.45 bits per heavy atom. The van der Waals surface area contributed by atoms with Crippen LogP contribution in [0.4, 0.5) is 0 Å². The van der Waals surface area contributed by atoms with Crippen LogP contribution >= 0.6 is 15.9 Å². The van der Waals surface area contributed by atoms with Crippen LogP contribution in [0.15, 0.2) is 65.4 Å². The first kappa shape index (κ1) is 20.7. The van der Waals surface area contributed by atoms with E-state index in [2.05, 4.69) is 26.2 Å². The lowest BCUT2D eigenvalue weighted by Crippen LogP contribution is -2.29. The highest BCUT2D eigenvalue weighted by Gasteiger charge is 2.21. The van der Waals surface area contributed by atoms with Gasteiger partial charge in [0.15, 0.2) is 0 Å². The van der Waals surface area contributed by atoms with E-state index in [0.717, 1.165) is 15.6 Å². The second-order valence-corrected chi connectivity index (χ2v) is 7.19. The number of amides is 1. The number of hydrogen-bond acceptors (Lipinski definition) is 4. The van der Waals surface area contributed by atoms with Crippen LogP contribution < -0.4 is 14.8 Å². The molecule has 150 valence electrons. The SMILES string of the molecule is COc1cc(OC)cc(C(NC(=O)C=Cc2ccccc2Br)c2nccn2C)c1. The van der Waals surface area contributed by atoms with Crippen LogP contribution in [0.5, 0.6) is 11.5 Å². The minimum Gasteiger partial charge on any atom is -0.497 e. The summed E-state index contributed by atoms with van der Waals surface area (Å²) in [6.45, 7) is 0. The minimum atomic E-state index is -0.477. The lowest BCUT2D eigenvalue weighted by atomic mass is 10.0.